The van der Waals surface area contributed by atoms with E-state index in [1.165, 1.54) is 12.1 Å². The fourth-order valence-corrected chi connectivity index (χ4v) is 2.87. The van der Waals surface area contributed by atoms with Crippen molar-refractivity contribution >= 4 is 21.5 Å². The van der Waals surface area contributed by atoms with Crippen molar-refractivity contribution < 1.29 is 22.5 Å². The standard InChI is InChI=1S/C16H20N2O5S/c1-5-22-16(19)13-8-12(24(4,20)21)6-7-15(13)17-9-14-10(2)18-23-11(14)3/h6-8,17H,5,9H2,1-4H3. The van der Waals surface area contributed by atoms with Crippen molar-refractivity contribution in [3.05, 3.63) is 40.8 Å². The molecule has 0 fully saturated rings. The first-order valence-corrected chi connectivity index (χ1v) is 9.30. The average Bonchev–Trinajstić information content (AvgIpc) is 2.83. The van der Waals surface area contributed by atoms with E-state index in [0.717, 1.165) is 17.5 Å². The van der Waals surface area contributed by atoms with Gasteiger partial charge in [0.25, 0.3) is 0 Å². The molecule has 1 N–H and O–H groups in total. The van der Waals surface area contributed by atoms with Crippen LogP contribution in [0.3, 0.4) is 0 Å². The second kappa shape index (κ2) is 7.04. The second-order valence-corrected chi connectivity index (χ2v) is 7.37. The number of aryl methyl sites for hydroxylation is 2. The Morgan fingerprint density at radius 1 is 1.33 bits per heavy atom. The van der Waals surface area contributed by atoms with E-state index in [4.69, 9.17) is 9.26 Å². The van der Waals surface area contributed by atoms with Gasteiger partial charge in [0.05, 0.1) is 22.8 Å². The summed E-state index contributed by atoms with van der Waals surface area (Å²) in [6.07, 6.45) is 1.09. The number of esters is 1. The van der Waals surface area contributed by atoms with Gasteiger partial charge in [-0.25, -0.2) is 13.2 Å². The Labute approximate surface area is 140 Å². The Hall–Kier alpha value is -2.35. The molecule has 1 aromatic heterocycles. The SMILES string of the molecule is CCOC(=O)c1cc(S(C)(=O)=O)ccc1NCc1c(C)noc1C. The fourth-order valence-electron chi connectivity index (χ4n) is 2.22. The van der Waals surface area contributed by atoms with Crippen LogP contribution in [0.4, 0.5) is 5.69 Å². The average molecular weight is 352 g/mol. The van der Waals surface area contributed by atoms with E-state index >= 15 is 0 Å². The van der Waals surface area contributed by atoms with E-state index in [-0.39, 0.29) is 17.1 Å². The third-order valence-corrected chi connectivity index (χ3v) is 4.66. The quantitative estimate of drug-likeness (QED) is 0.797. The zero-order valence-corrected chi connectivity index (χ0v) is 14.9. The molecule has 0 amide bonds. The molecule has 0 saturated carbocycles. The number of nitrogens with one attached hydrogen (secondary N) is 1. The number of anilines is 1. The van der Waals surface area contributed by atoms with Crippen LogP contribution in [0, 0.1) is 13.8 Å². The van der Waals surface area contributed by atoms with Crippen molar-refractivity contribution in [3.8, 4) is 0 Å². The molecule has 2 aromatic rings. The lowest BCUT2D eigenvalue weighted by Gasteiger charge is -2.12. The van der Waals surface area contributed by atoms with Crippen molar-refractivity contribution in [3.63, 3.8) is 0 Å². The Kier molecular flexibility index (Phi) is 5.28. The van der Waals surface area contributed by atoms with Crippen LogP contribution in [0.15, 0.2) is 27.6 Å². The van der Waals surface area contributed by atoms with E-state index in [9.17, 15) is 13.2 Å². The van der Waals surface area contributed by atoms with Crippen LogP contribution >= 0.6 is 0 Å². The molecule has 0 aliphatic carbocycles. The Morgan fingerprint density at radius 2 is 2.04 bits per heavy atom. The number of benzene rings is 1. The number of sulfone groups is 1. The first-order chi connectivity index (χ1) is 11.2. The zero-order valence-electron chi connectivity index (χ0n) is 14.0. The number of carbonyl (C=O) groups is 1. The summed E-state index contributed by atoms with van der Waals surface area (Å²) < 4.78 is 33.6. The summed E-state index contributed by atoms with van der Waals surface area (Å²) in [7, 11) is -3.42. The minimum absolute atomic E-state index is 0.0634. The summed E-state index contributed by atoms with van der Waals surface area (Å²) in [5.41, 5.74) is 2.30. The monoisotopic (exact) mass is 352 g/mol. The van der Waals surface area contributed by atoms with E-state index in [1.54, 1.807) is 19.9 Å². The first-order valence-electron chi connectivity index (χ1n) is 7.41. The van der Waals surface area contributed by atoms with Gasteiger partial charge in [0.1, 0.15) is 5.76 Å². The molecule has 7 nitrogen and oxygen atoms in total. The van der Waals surface area contributed by atoms with Gasteiger partial charge in [0, 0.05) is 24.1 Å². The molecule has 0 radical (unpaired) electrons. The Bertz CT molecular complexity index is 836. The lowest BCUT2D eigenvalue weighted by atomic mass is 10.1. The third-order valence-electron chi connectivity index (χ3n) is 3.55. The van der Waals surface area contributed by atoms with E-state index in [0.29, 0.717) is 18.0 Å². The van der Waals surface area contributed by atoms with Gasteiger partial charge < -0.3 is 14.6 Å². The summed E-state index contributed by atoms with van der Waals surface area (Å²) >= 11 is 0. The maximum Gasteiger partial charge on any atom is 0.340 e. The lowest BCUT2D eigenvalue weighted by molar-refractivity contribution is 0.0527. The second-order valence-electron chi connectivity index (χ2n) is 5.36. The topological polar surface area (TPSA) is 98.5 Å². The van der Waals surface area contributed by atoms with Crippen LogP contribution < -0.4 is 5.32 Å². The maximum absolute atomic E-state index is 12.2. The van der Waals surface area contributed by atoms with E-state index in [1.807, 2.05) is 6.92 Å². The molecule has 0 aliphatic rings. The summed E-state index contributed by atoms with van der Waals surface area (Å²) in [5.74, 6) is 0.106. The highest BCUT2D eigenvalue weighted by Gasteiger charge is 2.18. The molecule has 130 valence electrons. The van der Waals surface area contributed by atoms with Crippen LogP contribution in [-0.4, -0.2) is 32.4 Å². The van der Waals surface area contributed by atoms with Crippen molar-refractivity contribution in [1.29, 1.82) is 0 Å². The molecule has 0 unspecified atom stereocenters. The van der Waals surface area contributed by atoms with Crippen molar-refractivity contribution in [2.75, 3.05) is 18.2 Å². The number of ether oxygens (including phenoxy) is 1. The molecule has 0 saturated heterocycles. The van der Waals surface area contributed by atoms with Crippen molar-refractivity contribution in [2.24, 2.45) is 0 Å². The molecule has 24 heavy (non-hydrogen) atoms. The summed E-state index contributed by atoms with van der Waals surface area (Å²) in [4.78, 5) is 12.2. The van der Waals surface area contributed by atoms with Gasteiger partial charge in [0.2, 0.25) is 0 Å². The first kappa shape index (κ1) is 18.0. The van der Waals surface area contributed by atoms with Gasteiger partial charge in [-0.05, 0) is 39.0 Å². The third kappa shape index (κ3) is 3.94. The molecule has 8 heteroatoms. The summed E-state index contributed by atoms with van der Waals surface area (Å²) in [6.45, 7) is 5.91. The van der Waals surface area contributed by atoms with Gasteiger partial charge >= 0.3 is 5.97 Å². The highest BCUT2D eigenvalue weighted by atomic mass is 32.2. The van der Waals surface area contributed by atoms with Crippen LogP contribution in [0.1, 0.15) is 34.3 Å². The van der Waals surface area contributed by atoms with Gasteiger partial charge in [-0.3, -0.25) is 0 Å². The predicted octanol–water partition coefficient (Wildman–Crippen LogP) is 2.48. The number of carbonyl (C=O) groups excluding carboxylic acids is 1. The minimum Gasteiger partial charge on any atom is -0.462 e. The molecular formula is C16H20N2O5S. The molecule has 0 bridgehead atoms. The maximum atomic E-state index is 12.2. The molecular weight excluding hydrogens is 332 g/mol. The number of hydrogen-bond donors (Lipinski definition) is 1. The van der Waals surface area contributed by atoms with E-state index < -0.39 is 15.8 Å². The molecule has 2 rings (SSSR count). The largest absolute Gasteiger partial charge is 0.462 e. The van der Waals surface area contributed by atoms with E-state index in [2.05, 4.69) is 10.5 Å². The normalized spacial score (nSPS) is 11.3. The van der Waals surface area contributed by atoms with Crippen LogP contribution in [0.5, 0.6) is 0 Å². The summed E-state index contributed by atoms with van der Waals surface area (Å²) in [6, 6.07) is 4.33. The highest BCUT2D eigenvalue weighted by Crippen LogP contribution is 2.23. The minimum atomic E-state index is -3.42. The number of rotatable bonds is 6. The lowest BCUT2D eigenvalue weighted by Crippen LogP contribution is -2.12. The Morgan fingerprint density at radius 3 is 2.58 bits per heavy atom. The van der Waals surface area contributed by atoms with Crippen molar-refractivity contribution in [1.82, 2.24) is 5.16 Å². The molecule has 0 aliphatic heterocycles. The number of hydrogen-bond acceptors (Lipinski definition) is 7. The van der Waals surface area contributed by atoms with Crippen LogP contribution in [-0.2, 0) is 21.1 Å². The van der Waals surface area contributed by atoms with Gasteiger partial charge in [-0.15, -0.1) is 0 Å². The van der Waals surface area contributed by atoms with Gasteiger partial charge in [-0.1, -0.05) is 5.16 Å². The molecule has 0 atom stereocenters. The fraction of sp³-hybridized carbons (Fsp3) is 0.375. The zero-order chi connectivity index (χ0) is 17.9. The van der Waals surface area contributed by atoms with Crippen LogP contribution in [0.25, 0.3) is 0 Å². The molecule has 1 heterocycles. The highest BCUT2D eigenvalue weighted by molar-refractivity contribution is 7.90. The number of aromatic nitrogens is 1. The smallest absolute Gasteiger partial charge is 0.340 e. The molecule has 1 aromatic carbocycles. The van der Waals surface area contributed by atoms with Crippen molar-refractivity contribution in [2.45, 2.75) is 32.2 Å². The van der Waals surface area contributed by atoms with Gasteiger partial charge in [0.15, 0.2) is 9.84 Å². The predicted molar refractivity (Wildman–Crippen MR) is 88.8 cm³/mol. The van der Waals surface area contributed by atoms with Crippen LogP contribution in [0.2, 0.25) is 0 Å². The number of nitrogens with zero attached hydrogens (tertiary/aromatic N) is 1. The summed E-state index contributed by atoms with van der Waals surface area (Å²) in [5, 5.41) is 7.00. The van der Waals surface area contributed by atoms with Gasteiger partial charge in [-0.2, -0.15) is 0 Å². The molecule has 0 spiro atoms. The Balaban J connectivity index is 2.36.